The van der Waals surface area contributed by atoms with Crippen molar-refractivity contribution in [2.24, 2.45) is 0 Å². The van der Waals surface area contributed by atoms with Gasteiger partial charge in [0.05, 0.1) is 11.9 Å². The third-order valence-electron chi connectivity index (χ3n) is 3.33. The second-order valence-corrected chi connectivity index (χ2v) is 4.40. The fourth-order valence-electron chi connectivity index (χ4n) is 2.32. The number of hydrogen-bond acceptors (Lipinski definition) is 3. The van der Waals surface area contributed by atoms with Crippen LogP contribution >= 0.6 is 0 Å². The average Bonchev–Trinajstić information content (AvgIpc) is 2.95. The number of benzene rings is 1. The first-order valence-electron chi connectivity index (χ1n) is 5.91. The van der Waals surface area contributed by atoms with E-state index in [4.69, 9.17) is 5.73 Å². The molecule has 0 atom stereocenters. The predicted molar refractivity (Wildman–Crippen MR) is 68.6 cm³/mol. The summed E-state index contributed by atoms with van der Waals surface area (Å²) in [6, 6.07) is 6.14. The molecule has 1 aromatic carbocycles. The maximum absolute atomic E-state index is 6.00. The fraction of sp³-hybridized carbons (Fsp3) is 0.308. The summed E-state index contributed by atoms with van der Waals surface area (Å²) in [6.07, 6.45) is 4.01. The smallest absolute Gasteiger partial charge is 0.0758 e. The maximum Gasteiger partial charge on any atom is 0.0758 e. The topological polar surface area (TPSA) is 47.1 Å². The van der Waals surface area contributed by atoms with Crippen LogP contribution in [0.5, 0.6) is 0 Å². The molecule has 0 spiro atoms. The molecule has 0 fully saturated rings. The summed E-state index contributed by atoms with van der Waals surface area (Å²) in [5.74, 6) is 0. The first kappa shape index (κ1) is 10.2. The van der Waals surface area contributed by atoms with Crippen LogP contribution in [0.3, 0.4) is 0 Å². The molecular weight excluding hydrogens is 212 g/mol. The van der Waals surface area contributed by atoms with Crippen LogP contribution in [0.1, 0.15) is 18.1 Å². The highest BCUT2D eigenvalue weighted by molar-refractivity contribution is 5.58. The molecule has 0 unspecified atom stereocenters. The summed E-state index contributed by atoms with van der Waals surface area (Å²) >= 11 is 0. The van der Waals surface area contributed by atoms with Gasteiger partial charge in [0.15, 0.2) is 0 Å². The zero-order valence-corrected chi connectivity index (χ0v) is 9.93. The first-order chi connectivity index (χ1) is 8.28. The number of nitrogen functional groups attached to an aromatic ring is 1. The highest BCUT2D eigenvalue weighted by atomic mass is 15.3. The molecule has 2 heterocycles. The summed E-state index contributed by atoms with van der Waals surface area (Å²) in [5, 5.41) is 4.31. The molecule has 1 aliphatic heterocycles. The first-order valence-corrected chi connectivity index (χ1v) is 5.91. The number of anilines is 2. The third-order valence-corrected chi connectivity index (χ3v) is 3.33. The van der Waals surface area contributed by atoms with Gasteiger partial charge in [-0.3, -0.25) is 4.68 Å². The largest absolute Gasteiger partial charge is 0.398 e. The lowest BCUT2D eigenvalue weighted by molar-refractivity contribution is 0.659. The van der Waals surface area contributed by atoms with Crippen molar-refractivity contribution in [3.8, 4) is 0 Å². The van der Waals surface area contributed by atoms with Gasteiger partial charge in [0.25, 0.3) is 0 Å². The van der Waals surface area contributed by atoms with E-state index in [1.165, 1.54) is 16.8 Å². The van der Waals surface area contributed by atoms with Gasteiger partial charge in [-0.25, -0.2) is 0 Å². The van der Waals surface area contributed by atoms with Crippen molar-refractivity contribution in [1.29, 1.82) is 0 Å². The van der Waals surface area contributed by atoms with Crippen molar-refractivity contribution < 1.29 is 0 Å². The van der Waals surface area contributed by atoms with Crippen molar-refractivity contribution >= 4 is 11.4 Å². The quantitative estimate of drug-likeness (QED) is 0.800. The molecule has 0 radical (unpaired) electrons. The SMILES string of the molecule is CCn1cc(N2Cc3cccc(N)c3C2)cn1. The molecule has 17 heavy (non-hydrogen) atoms. The minimum atomic E-state index is 0.886. The molecule has 0 saturated heterocycles. The second kappa shape index (κ2) is 3.80. The van der Waals surface area contributed by atoms with Gasteiger partial charge >= 0.3 is 0 Å². The van der Waals surface area contributed by atoms with Crippen LogP contribution in [-0.4, -0.2) is 9.78 Å². The Labute approximate surface area is 101 Å². The summed E-state index contributed by atoms with van der Waals surface area (Å²) in [7, 11) is 0. The number of nitrogens with zero attached hydrogens (tertiary/aromatic N) is 3. The third kappa shape index (κ3) is 1.65. The van der Waals surface area contributed by atoms with Gasteiger partial charge in [-0.2, -0.15) is 5.10 Å². The lowest BCUT2D eigenvalue weighted by atomic mass is 10.1. The van der Waals surface area contributed by atoms with Crippen LogP contribution in [0.4, 0.5) is 11.4 Å². The molecule has 2 N–H and O–H groups in total. The van der Waals surface area contributed by atoms with Gasteiger partial charge in [-0.15, -0.1) is 0 Å². The van der Waals surface area contributed by atoms with Crippen LogP contribution in [0.2, 0.25) is 0 Å². The van der Waals surface area contributed by atoms with Crippen molar-refractivity contribution in [3.63, 3.8) is 0 Å². The zero-order chi connectivity index (χ0) is 11.8. The van der Waals surface area contributed by atoms with Crippen LogP contribution in [-0.2, 0) is 19.6 Å². The van der Waals surface area contributed by atoms with E-state index in [0.717, 1.165) is 25.3 Å². The zero-order valence-electron chi connectivity index (χ0n) is 9.93. The Bertz CT molecular complexity index is 544. The van der Waals surface area contributed by atoms with E-state index in [2.05, 4.69) is 29.2 Å². The predicted octanol–water partition coefficient (Wildman–Crippen LogP) is 2.01. The van der Waals surface area contributed by atoms with Gasteiger partial charge in [-0.1, -0.05) is 12.1 Å². The molecule has 3 rings (SSSR count). The number of rotatable bonds is 2. The van der Waals surface area contributed by atoms with E-state index >= 15 is 0 Å². The lowest BCUT2D eigenvalue weighted by Crippen LogP contribution is -2.13. The van der Waals surface area contributed by atoms with E-state index in [9.17, 15) is 0 Å². The molecule has 2 aromatic rings. The van der Waals surface area contributed by atoms with Gasteiger partial charge in [0.2, 0.25) is 0 Å². The number of hydrogen-bond donors (Lipinski definition) is 1. The highest BCUT2D eigenvalue weighted by Gasteiger charge is 2.21. The number of aryl methyl sites for hydroxylation is 1. The minimum absolute atomic E-state index is 0.886. The molecule has 0 amide bonds. The standard InChI is InChI=1S/C13H16N4/c1-2-17-8-11(6-15-17)16-7-10-4-3-5-13(14)12(10)9-16/h3-6,8H,2,7,9,14H2,1H3. The molecule has 0 aliphatic carbocycles. The van der Waals surface area contributed by atoms with Crippen LogP contribution in [0, 0.1) is 0 Å². The monoisotopic (exact) mass is 228 g/mol. The summed E-state index contributed by atoms with van der Waals surface area (Å²) in [5.41, 5.74) is 10.7. The number of fused-ring (bicyclic) bond motifs is 1. The summed E-state index contributed by atoms with van der Waals surface area (Å²) < 4.78 is 1.95. The van der Waals surface area contributed by atoms with E-state index in [-0.39, 0.29) is 0 Å². The Morgan fingerprint density at radius 2 is 2.24 bits per heavy atom. The van der Waals surface area contributed by atoms with Crippen molar-refractivity contribution in [1.82, 2.24) is 9.78 Å². The Kier molecular flexibility index (Phi) is 2.28. The minimum Gasteiger partial charge on any atom is -0.398 e. The highest BCUT2D eigenvalue weighted by Crippen LogP contribution is 2.30. The molecular formula is C13H16N4. The molecule has 1 aromatic heterocycles. The molecule has 1 aliphatic rings. The van der Waals surface area contributed by atoms with Gasteiger partial charge in [0, 0.05) is 31.5 Å². The van der Waals surface area contributed by atoms with Crippen molar-refractivity contribution in [2.75, 3.05) is 10.6 Å². The molecule has 4 nitrogen and oxygen atoms in total. The van der Waals surface area contributed by atoms with Gasteiger partial charge in [-0.05, 0) is 24.1 Å². The summed E-state index contributed by atoms with van der Waals surface area (Å²) in [4.78, 5) is 2.31. The average molecular weight is 228 g/mol. The van der Waals surface area contributed by atoms with E-state index < -0.39 is 0 Å². The Balaban J connectivity index is 1.88. The molecule has 4 heteroatoms. The number of nitrogens with two attached hydrogens (primary N) is 1. The van der Waals surface area contributed by atoms with Gasteiger partial charge < -0.3 is 10.6 Å². The van der Waals surface area contributed by atoms with Crippen LogP contribution in [0.15, 0.2) is 30.6 Å². The molecule has 0 saturated carbocycles. The summed E-state index contributed by atoms with van der Waals surface area (Å²) in [6.45, 7) is 4.81. The fourth-order valence-corrected chi connectivity index (χ4v) is 2.32. The molecule has 0 bridgehead atoms. The van der Waals surface area contributed by atoms with Gasteiger partial charge in [0.1, 0.15) is 0 Å². The van der Waals surface area contributed by atoms with Crippen molar-refractivity contribution in [3.05, 3.63) is 41.7 Å². The van der Waals surface area contributed by atoms with Crippen LogP contribution < -0.4 is 10.6 Å². The number of aromatic nitrogens is 2. The van der Waals surface area contributed by atoms with Crippen LogP contribution in [0.25, 0.3) is 0 Å². The Morgan fingerprint density at radius 3 is 2.94 bits per heavy atom. The normalized spacial score (nSPS) is 14.1. The Morgan fingerprint density at radius 1 is 1.35 bits per heavy atom. The van der Waals surface area contributed by atoms with Crippen molar-refractivity contribution in [2.45, 2.75) is 26.6 Å². The van der Waals surface area contributed by atoms with E-state index in [0.29, 0.717) is 0 Å². The lowest BCUT2D eigenvalue weighted by Gasteiger charge is -2.14. The van der Waals surface area contributed by atoms with E-state index in [1.54, 1.807) is 0 Å². The Hall–Kier alpha value is -1.97. The molecule has 88 valence electrons. The second-order valence-electron chi connectivity index (χ2n) is 4.40. The van der Waals surface area contributed by atoms with E-state index in [1.807, 2.05) is 23.0 Å². The maximum atomic E-state index is 6.00.